The normalized spacial score (nSPS) is 12.8. The number of carbonyl (C=O) groups excluding carboxylic acids is 1. The highest BCUT2D eigenvalue weighted by molar-refractivity contribution is 7.92. The first kappa shape index (κ1) is 19.4. The van der Waals surface area contributed by atoms with Gasteiger partial charge in [-0.05, 0) is 53.7 Å². The lowest BCUT2D eigenvalue weighted by atomic mass is 10.1. The average molecular weight is 341 g/mol. The Morgan fingerprint density at radius 3 is 2.13 bits per heavy atom. The van der Waals surface area contributed by atoms with Gasteiger partial charge in [0, 0.05) is 12.6 Å². The molecular formula is C16H27N3O3S. The van der Waals surface area contributed by atoms with E-state index < -0.39 is 14.6 Å². The summed E-state index contributed by atoms with van der Waals surface area (Å²) in [6, 6.07) is 3.14. The number of aromatic nitrogens is 1. The van der Waals surface area contributed by atoms with Gasteiger partial charge in [0.25, 0.3) is 0 Å². The maximum Gasteiger partial charge on any atom is 0.239 e. The fourth-order valence-electron chi connectivity index (χ4n) is 1.84. The lowest BCUT2D eigenvalue weighted by Gasteiger charge is -2.24. The minimum absolute atomic E-state index is 0.0429. The lowest BCUT2D eigenvalue weighted by molar-refractivity contribution is -0.121. The van der Waals surface area contributed by atoms with Gasteiger partial charge in [-0.3, -0.25) is 4.79 Å². The Labute approximate surface area is 139 Å². The van der Waals surface area contributed by atoms with Crippen LogP contribution in [0.2, 0.25) is 0 Å². The predicted octanol–water partition coefficient (Wildman–Crippen LogP) is 2.00. The van der Waals surface area contributed by atoms with Gasteiger partial charge in [-0.1, -0.05) is 0 Å². The summed E-state index contributed by atoms with van der Waals surface area (Å²) in [4.78, 5) is 17.7. The van der Waals surface area contributed by atoms with Gasteiger partial charge in [0.1, 0.15) is 0 Å². The van der Waals surface area contributed by atoms with E-state index in [9.17, 15) is 13.2 Å². The second kappa shape index (κ2) is 6.47. The first-order valence-corrected chi connectivity index (χ1v) is 8.95. The van der Waals surface area contributed by atoms with Gasteiger partial charge in [0.15, 0.2) is 14.9 Å². The van der Waals surface area contributed by atoms with Crippen LogP contribution in [0.25, 0.3) is 0 Å². The SMILES string of the molecule is CN(CC(=O)NC(C)(C)C)c1ccc(S(=O)(=O)C(C)(C)C)nc1. The zero-order valence-corrected chi connectivity index (χ0v) is 15.8. The fraction of sp³-hybridized carbons (Fsp3) is 0.625. The number of carbonyl (C=O) groups is 1. The summed E-state index contributed by atoms with van der Waals surface area (Å²) in [7, 11) is -1.71. The van der Waals surface area contributed by atoms with Crippen LogP contribution in [0.4, 0.5) is 5.69 Å². The maximum atomic E-state index is 12.3. The second-order valence-corrected chi connectivity index (χ2v) is 10.3. The second-order valence-electron chi connectivity index (χ2n) is 7.62. The van der Waals surface area contributed by atoms with Crippen molar-refractivity contribution >= 4 is 21.4 Å². The molecule has 1 aromatic heterocycles. The van der Waals surface area contributed by atoms with Crippen molar-refractivity contribution in [1.29, 1.82) is 0 Å². The number of rotatable bonds is 4. The molecule has 0 aliphatic rings. The molecule has 0 bridgehead atoms. The van der Waals surface area contributed by atoms with E-state index >= 15 is 0 Å². The molecule has 1 aromatic rings. The minimum Gasteiger partial charge on any atom is -0.364 e. The predicted molar refractivity (Wildman–Crippen MR) is 92.3 cm³/mol. The molecule has 0 aliphatic carbocycles. The molecule has 0 aliphatic heterocycles. The molecule has 0 aromatic carbocycles. The summed E-state index contributed by atoms with van der Waals surface area (Å²) < 4.78 is 23.8. The number of anilines is 1. The maximum absolute atomic E-state index is 12.3. The van der Waals surface area contributed by atoms with Crippen LogP contribution in [0.3, 0.4) is 0 Å². The Bertz CT molecular complexity index is 653. The van der Waals surface area contributed by atoms with Crippen LogP contribution in [0.1, 0.15) is 41.5 Å². The van der Waals surface area contributed by atoms with E-state index in [0.717, 1.165) is 0 Å². The number of sulfone groups is 1. The molecule has 1 heterocycles. The Kier molecular flexibility index (Phi) is 5.46. The third-order valence-corrected chi connectivity index (χ3v) is 5.54. The van der Waals surface area contributed by atoms with Gasteiger partial charge in [0.2, 0.25) is 5.91 Å². The topological polar surface area (TPSA) is 79.4 Å². The van der Waals surface area contributed by atoms with Crippen molar-refractivity contribution in [2.24, 2.45) is 0 Å². The Morgan fingerprint density at radius 2 is 1.74 bits per heavy atom. The highest BCUT2D eigenvalue weighted by Gasteiger charge is 2.32. The number of amides is 1. The first-order chi connectivity index (χ1) is 10.2. The Hall–Kier alpha value is -1.63. The molecule has 6 nitrogen and oxygen atoms in total. The van der Waals surface area contributed by atoms with Gasteiger partial charge in [0.05, 0.1) is 23.2 Å². The van der Waals surface area contributed by atoms with Crippen molar-refractivity contribution in [3.05, 3.63) is 18.3 Å². The number of nitrogens with zero attached hydrogens (tertiary/aromatic N) is 2. The van der Waals surface area contributed by atoms with Crippen LogP contribution in [0.5, 0.6) is 0 Å². The van der Waals surface area contributed by atoms with Gasteiger partial charge in [-0.25, -0.2) is 13.4 Å². The highest BCUT2D eigenvalue weighted by Crippen LogP contribution is 2.24. The number of likely N-dealkylation sites (N-methyl/N-ethyl adjacent to an activating group) is 1. The van der Waals surface area contributed by atoms with E-state index in [-0.39, 0.29) is 23.0 Å². The molecule has 0 saturated heterocycles. The van der Waals surface area contributed by atoms with E-state index in [1.165, 1.54) is 12.3 Å². The molecule has 130 valence electrons. The summed E-state index contributed by atoms with van der Waals surface area (Å²) in [5, 5.41) is 2.92. The van der Waals surface area contributed by atoms with Crippen LogP contribution in [-0.4, -0.2) is 43.2 Å². The van der Waals surface area contributed by atoms with Gasteiger partial charge < -0.3 is 10.2 Å². The van der Waals surface area contributed by atoms with Gasteiger partial charge in [-0.15, -0.1) is 0 Å². The molecule has 7 heteroatoms. The zero-order valence-electron chi connectivity index (χ0n) is 15.0. The van der Waals surface area contributed by atoms with Crippen LogP contribution < -0.4 is 10.2 Å². The molecule has 0 saturated carbocycles. The minimum atomic E-state index is -3.47. The summed E-state index contributed by atoms with van der Waals surface area (Å²) in [5.74, 6) is -0.105. The van der Waals surface area contributed by atoms with E-state index in [1.807, 2.05) is 20.8 Å². The summed E-state index contributed by atoms with van der Waals surface area (Å²) in [6.45, 7) is 10.8. The van der Waals surface area contributed by atoms with E-state index in [4.69, 9.17) is 0 Å². The quantitative estimate of drug-likeness (QED) is 0.906. The largest absolute Gasteiger partial charge is 0.364 e. The molecule has 1 N–H and O–H groups in total. The van der Waals surface area contributed by atoms with Crippen molar-refractivity contribution in [2.75, 3.05) is 18.5 Å². The van der Waals surface area contributed by atoms with Crippen molar-refractivity contribution < 1.29 is 13.2 Å². The molecule has 0 spiro atoms. The van der Waals surface area contributed by atoms with Crippen molar-refractivity contribution in [1.82, 2.24) is 10.3 Å². The summed E-state index contributed by atoms with van der Waals surface area (Å²) >= 11 is 0. The third kappa shape index (κ3) is 5.20. The smallest absolute Gasteiger partial charge is 0.239 e. The molecule has 23 heavy (non-hydrogen) atoms. The standard InChI is InChI=1S/C16H27N3O3S/c1-15(2,3)18-13(20)11-19(7)12-8-9-14(17-10-12)23(21,22)16(4,5)6/h8-10H,11H2,1-7H3,(H,18,20). The molecule has 1 amide bonds. The van der Waals surface area contributed by atoms with Gasteiger partial charge in [-0.2, -0.15) is 0 Å². The highest BCUT2D eigenvalue weighted by atomic mass is 32.2. The van der Waals surface area contributed by atoms with Gasteiger partial charge >= 0.3 is 0 Å². The number of hydrogen-bond donors (Lipinski definition) is 1. The first-order valence-electron chi connectivity index (χ1n) is 7.47. The fourth-order valence-corrected chi connectivity index (χ4v) is 2.90. The number of nitrogens with one attached hydrogen (secondary N) is 1. The van der Waals surface area contributed by atoms with Crippen LogP contribution in [-0.2, 0) is 14.6 Å². The van der Waals surface area contributed by atoms with Crippen molar-refractivity contribution in [2.45, 2.75) is 56.9 Å². The molecule has 0 fully saturated rings. The summed E-state index contributed by atoms with van der Waals surface area (Å²) in [6.07, 6.45) is 1.48. The molecular weight excluding hydrogens is 314 g/mol. The van der Waals surface area contributed by atoms with Crippen LogP contribution >= 0.6 is 0 Å². The van der Waals surface area contributed by atoms with Crippen LogP contribution in [0, 0.1) is 0 Å². The number of hydrogen-bond acceptors (Lipinski definition) is 5. The van der Waals surface area contributed by atoms with E-state index in [1.54, 1.807) is 38.8 Å². The van der Waals surface area contributed by atoms with Crippen LogP contribution in [0.15, 0.2) is 23.4 Å². The zero-order chi connectivity index (χ0) is 18.1. The molecule has 0 radical (unpaired) electrons. The average Bonchev–Trinajstić information content (AvgIpc) is 2.35. The Morgan fingerprint density at radius 1 is 1.17 bits per heavy atom. The molecule has 1 rings (SSSR count). The van der Waals surface area contributed by atoms with E-state index in [2.05, 4.69) is 10.3 Å². The van der Waals surface area contributed by atoms with Crippen molar-refractivity contribution in [3.63, 3.8) is 0 Å². The lowest BCUT2D eigenvalue weighted by Crippen LogP contribution is -2.45. The number of pyridine rings is 1. The summed E-state index contributed by atoms with van der Waals surface area (Å²) in [5.41, 5.74) is 0.391. The van der Waals surface area contributed by atoms with Crippen molar-refractivity contribution in [3.8, 4) is 0 Å². The monoisotopic (exact) mass is 341 g/mol. The van der Waals surface area contributed by atoms with E-state index in [0.29, 0.717) is 5.69 Å². The Balaban J connectivity index is 2.87. The molecule has 0 unspecified atom stereocenters. The third-order valence-electron chi connectivity index (χ3n) is 3.14. The molecule has 0 atom stereocenters.